The van der Waals surface area contributed by atoms with E-state index in [1.807, 2.05) is 6.92 Å². The van der Waals surface area contributed by atoms with Gasteiger partial charge in [-0.15, -0.1) is 0 Å². The zero-order valence-electron chi connectivity index (χ0n) is 16.0. The fraction of sp³-hybridized carbons (Fsp3) is 0.300. The predicted molar refractivity (Wildman–Crippen MR) is 114 cm³/mol. The monoisotopic (exact) mass is 479 g/mol. The van der Waals surface area contributed by atoms with Crippen LogP contribution in [0.3, 0.4) is 0 Å². The second-order valence-corrected chi connectivity index (χ2v) is 9.60. The van der Waals surface area contributed by atoms with E-state index in [1.54, 1.807) is 58.3 Å². The molecule has 2 aromatic carbocycles. The number of benzene rings is 2. The molecule has 0 radical (unpaired) electrons. The maximum atomic E-state index is 13.4. The van der Waals surface area contributed by atoms with E-state index >= 15 is 0 Å². The van der Waals surface area contributed by atoms with Gasteiger partial charge in [0.05, 0.1) is 10.6 Å². The van der Waals surface area contributed by atoms with Crippen LogP contribution < -0.4 is 4.31 Å². The van der Waals surface area contributed by atoms with Gasteiger partial charge in [-0.2, -0.15) is 0 Å². The fourth-order valence-electron chi connectivity index (χ4n) is 3.08. The van der Waals surface area contributed by atoms with Gasteiger partial charge in [0.25, 0.3) is 10.0 Å². The highest BCUT2D eigenvalue weighted by atomic mass is 79.9. The van der Waals surface area contributed by atoms with Gasteiger partial charge in [0.15, 0.2) is 0 Å². The largest absolute Gasteiger partial charge is 0.342 e. The van der Waals surface area contributed by atoms with Crippen molar-refractivity contribution in [3.8, 4) is 0 Å². The number of hydrogen-bond donors (Lipinski definition) is 0. The first-order valence-corrected chi connectivity index (χ1v) is 11.4. The Balaban J connectivity index is 1.90. The van der Waals surface area contributed by atoms with Crippen LogP contribution in [0.5, 0.6) is 0 Å². The van der Waals surface area contributed by atoms with Crippen molar-refractivity contribution in [2.24, 2.45) is 0 Å². The number of rotatable bonds is 6. The Labute approximate surface area is 179 Å². The first-order valence-electron chi connectivity index (χ1n) is 9.13. The van der Waals surface area contributed by atoms with Crippen LogP contribution in [0.15, 0.2) is 57.9 Å². The topological polar surface area (TPSA) is 78.0 Å². The molecule has 0 saturated carbocycles. The Bertz CT molecular complexity index is 987. The van der Waals surface area contributed by atoms with E-state index in [4.69, 9.17) is 0 Å². The van der Waals surface area contributed by atoms with E-state index in [2.05, 4.69) is 15.9 Å². The first kappa shape index (κ1) is 21.3. The number of carbonyl (C=O) groups is 2. The molecule has 2 aromatic rings. The molecule has 1 fully saturated rings. The molecule has 1 aliphatic heterocycles. The molecular formula is C20H22BrN3O4S. The minimum absolute atomic E-state index is 0.127. The SMILES string of the molecule is Cc1ccc(S(=O)(=O)N(CC(=O)N2CCN(C=O)CC2)c2cccc(Br)c2)cc1. The molecule has 1 aliphatic rings. The molecule has 3 rings (SSSR count). The van der Waals surface area contributed by atoms with E-state index in [0.717, 1.165) is 16.3 Å². The molecule has 0 aliphatic carbocycles. The molecule has 9 heteroatoms. The second-order valence-electron chi connectivity index (χ2n) is 6.83. The Morgan fingerprint density at radius 1 is 1.10 bits per heavy atom. The third-order valence-corrected chi connectivity index (χ3v) is 7.08. The van der Waals surface area contributed by atoms with E-state index < -0.39 is 10.0 Å². The Kier molecular flexibility index (Phi) is 6.59. The zero-order chi connectivity index (χ0) is 21.0. The summed E-state index contributed by atoms with van der Waals surface area (Å²) in [6.45, 7) is 3.22. The fourth-order valence-corrected chi connectivity index (χ4v) is 4.88. The van der Waals surface area contributed by atoms with Crippen LogP contribution in [0.25, 0.3) is 0 Å². The molecule has 0 bridgehead atoms. The molecule has 1 saturated heterocycles. The highest BCUT2D eigenvalue weighted by molar-refractivity contribution is 9.10. The van der Waals surface area contributed by atoms with Gasteiger partial charge in [0, 0.05) is 30.7 Å². The molecule has 0 spiro atoms. The van der Waals surface area contributed by atoms with E-state index in [-0.39, 0.29) is 17.3 Å². The van der Waals surface area contributed by atoms with Crippen molar-refractivity contribution in [1.82, 2.24) is 9.80 Å². The summed E-state index contributed by atoms with van der Waals surface area (Å²) in [5.41, 5.74) is 1.35. The van der Waals surface area contributed by atoms with Crippen LogP contribution in [-0.4, -0.2) is 63.3 Å². The van der Waals surface area contributed by atoms with Gasteiger partial charge in [0.2, 0.25) is 12.3 Å². The van der Waals surface area contributed by atoms with Gasteiger partial charge in [-0.1, -0.05) is 39.7 Å². The number of anilines is 1. The number of carbonyl (C=O) groups excluding carboxylic acids is 2. The highest BCUT2D eigenvalue weighted by Gasteiger charge is 2.30. The van der Waals surface area contributed by atoms with Crippen LogP contribution in [0.4, 0.5) is 5.69 Å². The summed E-state index contributed by atoms with van der Waals surface area (Å²) in [6.07, 6.45) is 0.761. The van der Waals surface area contributed by atoms with Crippen LogP contribution in [0, 0.1) is 6.92 Å². The van der Waals surface area contributed by atoms with Crippen LogP contribution in [0.1, 0.15) is 5.56 Å². The van der Waals surface area contributed by atoms with Gasteiger partial charge < -0.3 is 9.80 Å². The highest BCUT2D eigenvalue weighted by Crippen LogP contribution is 2.26. The maximum absolute atomic E-state index is 13.4. The molecule has 1 heterocycles. The van der Waals surface area contributed by atoms with Crippen molar-refractivity contribution in [2.75, 3.05) is 37.0 Å². The Morgan fingerprint density at radius 2 is 1.76 bits per heavy atom. The molecule has 2 amide bonds. The van der Waals surface area contributed by atoms with E-state index in [1.165, 1.54) is 0 Å². The number of aryl methyl sites for hydroxylation is 1. The summed E-state index contributed by atoms with van der Waals surface area (Å²) in [5, 5.41) is 0. The molecule has 29 heavy (non-hydrogen) atoms. The Morgan fingerprint density at radius 3 is 2.34 bits per heavy atom. The van der Waals surface area contributed by atoms with E-state index in [0.29, 0.717) is 36.3 Å². The lowest BCUT2D eigenvalue weighted by molar-refractivity contribution is -0.133. The van der Waals surface area contributed by atoms with Gasteiger partial charge in [-0.05, 0) is 37.3 Å². The van der Waals surface area contributed by atoms with E-state index in [9.17, 15) is 18.0 Å². The minimum atomic E-state index is -3.94. The lowest BCUT2D eigenvalue weighted by Gasteiger charge is -2.34. The lowest BCUT2D eigenvalue weighted by atomic mass is 10.2. The van der Waals surface area contributed by atoms with Crippen LogP contribution >= 0.6 is 15.9 Å². The van der Waals surface area contributed by atoms with Crippen molar-refractivity contribution < 1.29 is 18.0 Å². The second kappa shape index (κ2) is 8.96. The van der Waals surface area contributed by atoms with Crippen molar-refractivity contribution in [1.29, 1.82) is 0 Å². The third kappa shape index (κ3) is 4.97. The number of nitrogens with zero attached hydrogens (tertiary/aromatic N) is 3. The molecule has 0 aromatic heterocycles. The van der Waals surface area contributed by atoms with Crippen LogP contribution in [0.2, 0.25) is 0 Å². The molecular weight excluding hydrogens is 458 g/mol. The zero-order valence-corrected chi connectivity index (χ0v) is 18.4. The summed E-state index contributed by atoms with van der Waals surface area (Å²) in [7, 11) is -3.94. The maximum Gasteiger partial charge on any atom is 0.264 e. The average Bonchev–Trinajstić information content (AvgIpc) is 2.72. The van der Waals surface area contributed by atoms with Gasteiger partial charge in [-0.25, -0.2) is 8.42 Å². The summed E-state index contributed by atoms with van der Waals surface area (Å²) in [5.74, 6) is -0.300. The predicted octanol–water partition coefficient (Wildman–Crippen LogP) is 2.25. The van der Waals surface area contributed by atoms with Gasteiger partial charge in [-0.3, -0.25) is 13.9 Å². The van der Waals surface area contributed by atoms with Crippen molar-refractivity contribution in [3.63, 3.8) is 0 Å². The number of amides is 2. The van der Waals surface area contributed by atoms with Crippen LogP contribution in [-0.2, 0) is 19.6 Å². The summed E-state index contributed by atoms with van der Waals surface area (Å²) < 4.78 is 28.6. The lowest BCUT2D eigenvalue weighted by Crippen LogP contribution is -2.51. The number of sulfonamides is 1. The standard InChI is InChI=1S/C20H22BrN3O4S/c1-16-5-7-19(8-6-16)29(27,28)24(18-4-2-3-17(21)13-18)14-20(26)23-11-9-22(15-25)10-12-23/h2-8,13,15H,9-12,14H2,1H3. The van der Waals surface area contributed by atoms with Gasteiger partial charge in [0.1, 0.15) is 6.54 Å². The summed E-state index contributed by atoms with van der Waals surface area (Å²) >= 11 is 3.36. The van der Waals surface area contributed by atoms with Crippen molar-refractivity contribution in [3.05, 3.63) is 58.6 Å². The minimum Gasteiger partial charge on any atom is -0.342 e. The average molecular weight is 480 g/mol. The quantitative estimate of drug-likeness (QED) is 0.595. The number of piperazine rings is 1. The summed E-state index contributed by atoms with van der Waals surface area (Å²) in [6, 6.07) is 13.4. The molecule has 7 nitrogen and oxygen atoms in total. The third-order valence-electron chi connectivity index (χ3n) is 4.80. The number of halogens is 1. The number of hydrogen-bond acceptors (Lipinski definition) is 4. The molecule has 0 atom stereocenters. The van der Waals surface area contributed by atoms with Crippen molar-refractivity contribution >= 4 is 44.0 Å². The Hall–Kier alpha value is -2.39. The normalized spacial score (nSPS) is 14.6. The molecule has 0 unspecified atom stereocenters. The first-order chi connectivity index (χ1) is 13.8. The van der Waals surface area contributed by atoms with Gasteiger partial charge >= 0.3 is 0 Å². The molecule has 154 valence electrons. The smallest absolute Gasteiger partial charge is 0.264 e. The molecule has 0 N–H and O–H groups in total. The van der Waals surface area contributed by atoms with Crippen molar-refractivity contribution in [2.45, 2.75) is 11.8 Å². The summed E-state index contributed by atoms with van der Waals surface area (Å²) in [4.78, 5) is 27.1.